The van der Waals surface area contributed by atoms with Crippen molar-refractivity contribution in [3.63, 3.8) is 0 Å². The Morgan fingerprint density at radius 2 is 1.09 bits per heavy atom. The molecule has 0 fully saturated rings. The van der Waals surface area contributed by atoms with Crippen LogP contribution in [0, 0.1) is 0 Å². The second kappa shape index (κ2) is 23.6. The molecule has 0 radical (unpaired) electrons. The number of carboxylic acids is 1. The van der Waals surface area contributed by atoms with E-state index in [0.717, 1.165) is 29.8 Å². The lowest BCUT2D eigenvalue weighted by Gasteiger charge is -2.27. The molecule has 68 heavy (non-hydrogen) atoms. The van der Waals surface area contributed by atoms with E-state index in [4.69, 9.17) is 0 Å². The number of fused-ring (bicyclic) bond motifs is 18. The Kier molecular flexibility index (Phi) is 17.2. The molecule has 0 aliphatic carbocycles. The molecule has 2 heterocycles. The number of carbonyl (C=O) groups is 7. The van der Waals surface area contributed by atoms with E-state index in [-0.39, 0.29) is 50.5 Å². The van der Waals surface area contributed by atoms with Gasteiger partial charge in [0.25, 0.3) is 0 Å². The van der Waals surface area contributed by atoms with Crippen LogP contribution in [0.15, 0.2) is 140 Å². The molecule has 7 N–H and O–H groups in total. The largest absolute Gasteiger partial charge is 0.480 e. The Hall–Kier alpha value is -7.82. The van der Waals surface area contributed by atoms with Gasteiger partial charge in [0.1, 0.15) is 30.2 Å². The van der Waals surface area contributed by atoms with Crippen molar-refractivity contribution in [1.82, 2.24) is 26.6 Å². The van der Waals surface area contributed by atoms with Crippen LogP contribution < -0.4 is 31.9 Å². The summed E-state index contributed by atoms with van der Waals surface area (Å²) in [7, 11) is 0. The Balaban J connectivity index is 1.37. The molecule has 5 aromatic carbocycles. The lowest BCUT2D eigenvalue weighted by atomic mass is 9.99. The van der Waals surface area contributed by atoms with E-state index in [9.17, 15) is 51.8 Å². The number of halogens is 3. The molecule has 14 nitrogen and oxygen atoms in total. The van der Waals surface area contributed by atoms with Crippen molar-refractivity contribution in [3.8, 4) is 0 Å². The SMILES string of the molecule is O=C1CCC(=O)NC(CCc2ccccc2)C(=O)NC(Cc2ccc(C(F)(F)F)cc2)C(=O)NC(Cc2ccccc2)C(=O)NC(C(=O)NC(Cc2ccccc2)C(=O)O)Cc2ccc(cc2)N1. The fourth-order valence-corrected chi connectivity index (χ4v) is 7.58. The lowest BCUT2D eigenvalue weighted by Crippen LogP contribution is -2.60. The molecule has 2 aliphatic heterocycles. The predicted molar refractivity (Wildman–Crippen MR) is 246 cm³/mol. The molecular weight excluding hydrogens is 882 g/mol. The van der Waals surface area contributed by atoms with Gasteiger partial charge in [0.05, 0.1) is 5.56 Å². The first-order chi connectivity index (χ1) is 32.6. The van der Waals surface area contributed by atoms with Gasteiger partial charge in [-0.2, -0.15) is 13.2 Å². The van der Waals surface area contributed by atoms with Gasteiger partial charge < -0.3 is 37.0 Å². The van der Waals surface area contributed by atoms with Crippen LogP contribution in [-0.4, -0.2) is 76.7 Å². The van der Waals surface area contributed by atoms with Crippen LogP contribution in [0.3, 0.4) is 0 Å². The number of aliphatic carboxylic acids is 1. The molecule has 5 aromatic rings. The standard InChI is InChI=1S/C51H51F3N6O8/c52-51(53,54)37-21-16-35(17-22-37)29-41-48(65)58-40(28-33-12-6-2-7-13-33)47(64)59-42(49(66)60-43(50(67)68)31-34-14-8-3-9-15-34)30-36-18-23-38(24-19-36)55-44(61)26-27-45(62)56-39(46(63)57-41)25-20-32-10-4-1-5-11-32/h1-19,21-24,39-43H,20,25-31H2,(H,55,61)(H,56,62)(H,57,63)(H,58,65)(H,59,64)(H,60,66)(H,67,68). The Morgan fingerprint density at radius 3 is 1.65 bits per heavy atom. The quantitative estimate of drug-likeness (QED) is 0.0858. The van der Waals surface area contributed by atoms with E-state index in [1.807, 2.05) is 18.2 Å². The number of alkyl halides is 3. The van der Waals surface area contributed by atoms with Gasteiger partial charge in [0.2, 0.25) is 35.4 Å². The number of amides is 6. The van der Waals surface area contributed by atoms with Crippen molar-refractivity contribution in [3.05, 3.63) is 173 Å². The number of carboxylic acid groups (broad SMARTS) is 1. The number of carbonyl (C=O) groups excluding carboxylic acids is 6. The third-order valence-electron chi connectivity index (χ3n) is 11.3. The van der Waals surface area contributed by atoms with Crippen molar-refractivity contribution >= 4 is 47.1 Å². The summed E-state index contributed by atoms with van der Waals surface area (Å²) >= 11 is 0. The minimum atomic E-state index is -4.65. The van der Waals surface area contributed by atoms with Gasteiger partial charge in [-0.25, -0.2) is 4.79 Å². The fourth-order valence-electron chi connectivity index (χ4n) is 7.58. The lowest BCUT2D eigenvalue weighted by molar-refractivity contribution is -0.142. The highest BCUT2D eigenvalue weighted by atomic mass is 19.4. The third-order valence-corrected chi connectivity index (χ3v) is 11.3. The van der Waals surface area contributed by atoms with Gasteiger partial charge in [-0.15, -0.1) is 0 Å². The molecule has 6 amide bonds. The second-order valence-electron chi connectivity index (χ2n) is 16.5. The number of benzene rings is 5. The summed E-state index contributed by atoms with van der Waals surface area (Å²) in [6.07, 6.45) is -5.64. The molecule has 7 rings (SSSR count). The van der Waals surface area contributed by atoms with Crippen molar-refractivity contribution < 1.29 is 51.8 Å². The highest BCUT2D eigenvalue weighted by Crippen LogP contribution is 2.29. The maximum absolute atomic E-state index is 14.6. The zero-order valence-electron chi connectivity index (χ0n) is 36.8. The molecule has 0 spiro atoms. The number of aryl methyl sites for hydroxylation is 1. The van der Waals surface area contributed by atoms with Gasteiger partial charge in [-0.05, 0) is 64.9 Å². The van der Waals surface area contributed by atoms with E-state index >= 15 is 0 Å². The van der Waals surface area contributed by atoms with Gasteiger partial charge in [-0.3, -0.25) is 28.8 Å². The number of hydrogen-bond acceptors (Lipinski definition) is 7. The molecule has 0 aromatic heterocycles. The molecule has 2 bridgehead atoms. The zero-order valence-corrected chi connectivity index (χ0v) is 36.8. The molecule has 0 saturated heterocycles. The molecular formula is C51H51F3N6O8. The molecule has 17 heteroatoms. The molecule has 0 saturated carbocycles. The van der Waals surface area contributed by atoms with Crippen molar-refractivity contribution in [2.75, 3.05) is 5.32 Å². The van der Waals surface area contributed by atoms with Crippen LogP contribution in [0.4, 0.5) is 18.9 Å². The van der Waals surface area contributed by atoms with E-state index in [2.05, 4.69) is 31.9 Å². The first kappa shape index (κ1) is 49.6. The predicted octanol–water partition coefficient (Wildman–Crippen LogP) is 4.85. The third kappa shape index (κ3) is 15.1. The summed E-state index contributed by atoms with van der Waals surface area (Å²) in [5, 5.41) is 26.1. The van der Waals surface area contributed by atoms with E-state index in [1.165, 1.54) is 0 Å². The highest BCUT2D eigenvalue weighted by Gasteiger charge is 2.34. The Bertz CT molecular complexity index is 2530. The summed E-state index contributed by atoms with van der Waals surface area (Å²) in [6, 6.07) is 29.5. The van der Waals surface area contributed by atoms with Gasteiger partial charge in [0.15, 0.2) is 0 Å². The average molecular weight is 933 g/mol. The van der Waals surface area contributed by atoms with Crippen molar-refractivity contribution in [2.45, 2.75) is 87.8 Å². The normalized spacial score (nSPS) is 19.2. The van der Waals surface area contributed by atoms with Crippen molar-refractivity contribution in [1.29, 1.82) is 0 Å². The van der Waals surface area contributed by atoms with Gasteiger partial charge in [0, 0.05) is 44.2 Å². The van der Waals surface area contributed by atoms with Crippen LogP contribution >= 0.6 is 0 Å². The number of rotatable bonds is 12. The van der Waals surface area contributed by atoms with Crippen LogP contribution in [0.1, 0.15) is 52.6 Å². The first-order valence-corrected chi connectivity index (χ1v) is 22.0. The van der Waals surface area contributed by atoms with Crippen molar-refractivity contribution in [2.24, 2.45) is 0 Å². The Labute approximate surface area is 390 Å². The Morgan fingerprint density at radius 1 is 0.588 bits per heavy atom. The summed E-state index contributed by atoms with van der Waals surface area (Å²) in [6.45, 7) is 0. The van der Waals surface area contributed by atoms with Gasteiger partial charge >= 0.3 is 12.1 Å². The summed E-state index contributed by atoms with van der Waals surface area (Å²) in [5.41, 5.74) is 2.16. The smallest absolute Gasteiger partial charge is 0.416 e. The number of anilines is 1. The monoisotopic (exact) mass is 932 g/mol. The molecule has 2 aliphatic rings. The first-order valence-electron chi connectivity index (χ1n) is 22.0. The molecule has 354 valence electrons. The topological polar surface area (TPSA) is 212 Å². The average Bonchev–Trinajstić information content (AvgIpc) is 3.32. The second-order valence-corrected chi connectivity index (χ2v) is 16.5. The van der Waals surface area contributed by atoms with E-state index in [0.29, 0.717) is 28.8 Å². The maximum atomic E-state index is 14.6. The zero-order chi connectivity index (χ0) is 48.6. The van der Waals surface area contributed by atoms with Crippen LogP contribution in [0.5, 0.6) is 0 Å². The minimum absolute atomic E-state index is 0.0469. The van der Waals surface area contributed by atoms with Crippen LogP contribution in [-0.2, 0) is 71.8 Å². The van der Waals surface area contributed by atoms with Crippen LogP contribution in [0.2, 0.25) is 0 Å². The minimum Gasteiger partial charge on any atom is -0.480 e. The molecule has 5 atom stereocenters. The summed E-state index contributed by atoms with van der Waals surface area (Å²) in [4.78, 5) is 96.4. The maximum Gasteiger partial charge on any atom is 0.416 e. The molecule has 5 unspecified atom stereocenters. The summed E-state index contributed by atoms with van der Waals surface area (Å²) < 4.78 is 40.7. The van der Waals surface area contributed by atoms with E-state index < -0.39 is 83.4 Å². The highest BCUT2D eigenvalue weighted by molar-refractivity contribution is 5.97. The van der Waals surface area contributed by atoms with Crippen LogP contribution in [0.25, 0.3) is 0 Å². The fraction of sp³-hybridized carbons (Fsp3) is 0.275. The number of hydrogen-bond donors (Lipinski definition) is 7. The number of nitrogens with one attached hydrogen (secondary N) is 6. The summed E-state index contributed by atoms with van der Waals surface area (Å²) in [5.74, 6) is -5.95. The van der Waals surface area contributed by atoms with Gasteiger partial charge in [-0.1, -0.05) is 115 Å². The van der Waals surface area contributed by atoms with E-state index in [1.54, 1.807) is 97.1 Å².